The summed E-state index contributed by atoms with van der Waals surface area (Å²) in [4.78, 5) is 12.1. The molecule has 0 spiro atoms. The summed E-state index contributed by atoms with van der Waals surface area (Å²) >= 11 is 12.0. The molecule has 0 aromatic heterocycles. The molecule has 2 aliphatic rings. The molecule has 3 rings (SSSR count). The second-order valence-electron chi connectivity index (χ2n) is 5.84. The minimum absolute atomic E-state index is 0.228. The van der Waals surface area contributed by atoms with Crippen LogP contribution in [-0.2, 0) is 6.42 Å². The Balaban J connectivity index is 1.50. The van der Waals surface area contributed by atoms with E-state index in [0.717, 1.165) is 18.5 Å². The number of carbonyl (C=O) groups is 1. The van der Waals surface area contributed by atoms with Crippen molar-refractivity contribution in [2.45, 2.75) is 25.3 Å². The fraction of sp³-hybridized carbons (Fsp3) is 0.278. The van der Waals surface area contributed by atoms with Crippen molar-refractivity contribution in [1.29, 1.82) is 0 Å². The fourth-order valence-electron chi connectivity index (χ4n) is 2.80. The number of amides is 2. The average Bonchev–Trinajstić information content (AvgIpc) is 2.74. The molecule has 0 fully saturated rings. The van der Waals surface area contributed by atoms with Gasteiger partial charge in [0.1, 0.15) is 0 Å². The molecular formula is C18H19Cl2N3O. The van der Waals surface area contributed by atoms with Gasteiger partial charge in [-0.2, -0.15) is 0 Å². The van der Waals surface area contributed by atoms with Gasteiger partial charge in [-0.1, -0.05) is 47.5 Å². The predicted octanol–water partition coefficient (Wildman–Crippen LogP) is 4.25. The van der Waals surface area contributed by atoms with E-state index < -0.39 is 0 Å². The molecule has 2 amide bonds. The van der Waals surface area contributed by atoms with Gasteiger partial charge in [0, 0.05) is 30.4 Å². The summed E-state index contributed by atoms with van der Waals surface area (Å²) in [5.74, 6) is 0. The van der Waals surface area contributed by atoms with Crippen LogP contribution in [-0.4, -0.2) is 18.6 Å². The Morgan fingerprint density at radius 2 is 2.08 bits per heavy atom. The van der Waals surface area contributed by atoms with E-state index in [4.69, 9.17) is 23.2 Å². The topological polar surface area (TPSA) is 53.2 Å². The molecule has 1 aromatic carbocycles. The van der Waals surface area contributed by atoms with Crippen LogP contribution in [0.25, 0.3) is 0 Å². The smallest absolute Gasteiger partial charge is 0.319 e. The number of urea groups is 1. The van der Waals surface area contributed by atoms with Gasteiger partial charge in [0.05, 0.1) is 10.1 Å². The highest BCUT2D eigenvalue weighted by molar-refractivity contribution is 6.41. The number of nitrogens with one attached hydrogen (secondary N) is 3. The third kappa shape index (κ3) is 4.34. The predicted molar refractivity (Wildman–Crippen MR) is 99.3 cm³/mol. The van der Waals surface area contributed by atoms with Crippen LogP contribution in [0.2, 0.25) is 0 Å². The number of halogens is 2. The molecule has 1 heterocycles. The van der Waals surface area contributed by atoms with Crippen LogP contribution >= 0.6 is 23.2 Å². The standard InChI is InChI=1S/C18H19Cl2N3O/c19-15-6-3-5-13(10-16(15)20)23-18(24)21-11-14-9-8-12-4-1-2-7-17(12)22-14/h1-4,6-7,10,14,22H,5,8-9,11H2,(H2,21,23,24). The number of benzene rings is 1. The molecule has 1 aliphatic carbocycles. The average molecular weight is 364 g/mol. The number of rotatable bonds is 3. The molecule has 1 aliphatic heterocycles. The normalized spacial score (nSPS) is 19.8. The summed E-state index contributed by atoms with van der Waals surface area (Å²) in [6, 6.07) is 8.26. The van der Waals surface area contributed by atoms with Crippen LogP contribution in [0.4, 0.5) is 10.5 Å². The molecule has 24 heavy (non-hydrogen) atoms. The van der Waals surface area contributed by atoms with Crippen molar-refractivity contribution in [3.8, 4) is 0 Å². The van der Waals surface area contributed by atoms with Crippen molar-refractivity contribution in [3.05, 3.63) is 63.8 Å². The summed E-state index contributed by atoms with van der Waals surface area (Å²) in [6.45, 7) is 0.563. The van der Waals surface area contributed by atoms with Gasteiger partial charge in [-0.05, 0) is 36.6 Å². The number of fused-ring (bicyclic) bond motifs is 1. The Morgan fingerprint density at radius 3 is 2.96 bits per heavy atom. The molecule has 4 nitrogen and oxygen atoms in total. The number of carbonyl (C=O) groups excluding carboxylic acids is 1. The molecule has 1 atom stereocenters. The van der Waals surface area contributed by atoms with Gasteiger partial charge in [0.2, 0.25) is 0 Å². The highest BCUT2D eigenvalue weighted by atomic mass is 35.5. The number of para-hydroxylation sites is 1. The molecule has 1 aromatic rings. The van der Waals surface area contributed by atoms with E-state index in [1.54, 1.807) is 12.2 Å². The molecule has 0 bridgehead atoms. The van der Waals surface area contributed by atoms with Gasteiger partial charge in [-0.15, -0.1) is 0 Å². The van der Waals surface area contributed by atoms with Crippen LogP contribution in [0, 0.1) is 0 Å². The van der Waals surface area contributed by atoms with E-state index in [-0.39, 0.29) is 12.1 Å². The second-order valence-corrected chi connectivity index (χ2v) is 6.66. The fourth-order valence-corrected chi connectivity index (χ4v) is 3.14. The minimum atomic E-state index is -0.238. The molecule has 6 heteroatoms. The first-order chi connectivity index (χ1) is 11.6. The SMILES string of the molecule is O=C(NCC1CCc2ccccc2N1)NC1=CC(Cl)=C(Cl)C=CC1. The van der Waals surface area contributed by atoms with E-state index in [1.165, 1.54) is 5.56 Å². The zero-order valence-electron chi connectivity index (χ0n) is 13.1. The number of aryl methyl sites for hydroxylation is 1. The lowest BCUT2D eigenvalue weighted by atomic mass is 9.98. The van der Waals surface area contributed by atoms with Crippen molar-refractivity contribution >= 4 is 34.9 Å². The molecule has 3 N–H and O–H groups in total. The maximum Gasteiger partial charge on any atom is 0.319 e. The number of hydrogen-bond acceptors (Lipinski definition) is 2. The Labute approximate surface area is 151 Å². The quantitative estimate of drug-likeness (QED) is 0.751. The summed E-state index contributed by atoms with van der Waals surface area (Å²) in [5.41, 5.74) is 3.19. The third-order valence-electron chi connectivity index (χ3n) is 4.05. The van der Waals surface area contributed by atoms with Gasteiger partial charge in [-0.25, -0.2) is 4.79 Å². The Hall–Kier alpha value is -1.91. The highest BCUT2D eigenvalue weighted by Crippen LogP contribution is 2.24. The second kappa shape index (κ2) is 7.77. The Kier molecular flexibility index (Phi) is 5.48. The summed E-state index contributed by atoms with van der Waals surface area (Å²) in [6.07, 6.45) is 7.87. The largest absolute Gasteiger partial charge is 0.380 e. The zero-order valence-corrected chi connectivity index (χ0v) is 14.6. The van der Waals surface area contributed by atoms with Gasteiger partial charge in [0.25, 0.3) is 0 Å². The molecule has 126 valence electrons. The van der Waals surface area contributed by atoms with E-state index in [0.29, 0.717) is 28.7 Å². The molecule has 0 saturated carbocycles. The Bertz CT molecular complexity index is 725. The van der Waals surface area contributed by atoms with Crippen LogP contribution in [0.3, 0.4) is 0 Å². The molecule has 0 radical (unpaired) electrons. The monoisotopic (exact) mass is 363 g/mol. The van der Waals surface area contributed by atoms with E-state index in [9.17, 15) is 4.79 Å². The van der Waals surface area contributed by atoms with Gasteiger partial charge in [0.15, 0.2) is 0 Å². The van der Waals surface area contributed by atoms with Gasteiger partial charge < -0.3 is 16.0 Å². The first-order valence-corrected chi connectivity index (χ1v) is 8.69. The van der Waals surface area contributed by atoms with Crippen LogP contribution < -0.4 is 16.0 Å². The summed E-state index contributed by atoms with van der Waals surface area (Å²) < 4.78 is 0. The van der Waals surface area contributed by atoms with Crippen molar-refractivity contribution < 1.29 is 4.79 Å². The maximum absolute atomic E-state index is 12.1. The van der Waals surface area contributed by atoms with Crippen molar-refractivity contribution in [3.63, 3.8) is 0 Å². The molecule has 1 unspecified atom stereocenters. The van der Waals surface area contributed by atoms with Gasteiger partial charge in [-0.3, -0.25) is 0 Å². The summed E-state index contributed by atoms with van der Waals surface area (Å²) in [7, 11) is 0. The van der Waals surface area contributed by atoms with Crippen molar-refractivity contribution in [2.24, 2.45) is 0 Å². The van der Waals surface area contributed by atoms with E-state index in [1.807, 2.05) is 18.2 Å². The third-order valence-corrected chi connectivity index (χ3v) is 4.79. The van der Waals surface area contributed by atoms with Crippen LogP contribution in [0.1, 0.15) is 18.4 Å². The van der Waals surface area contributed by atoms with Crippen LogP contribution in [0.15, 0.2) is 58.3 Å². The first kappa shape index (κ1) is 16.9. The Morgan fingerprint density at radius 1 is 1.25 bits per heavy atom. The van der Waals surface area contributed by atoms with Gasteiger partial charge >= 0.3 is 6.03 Å². The maximum atomic E-state index is 12.1. The lowest BCUT2D eigenvalue weighted by molar-refractivity contribution is 0.242. The lowest BCUT2D eigenvalue weighted by Gasteiger charge is -2.27. The molecule has 0 saturated heterocycles. The lowest BCUT2D eigenvalue weighted by Crippen LogP contribution is -2.42. The number of anilines is 1. The van der Waals surface area contributed by atoms with E-state index >= 15 is 0 Å². The summed E-state index contributed by atoms with van der Waals surface area (Å²) in [5, 5.41) is 10.1. The van der Waals surface area contributed by atoms with Crippen LogP contribution in [0.5, 0.6) is 0 Å². The van der Waals surface area contributed by atoms with Crippen molar-refractivity contribution in [2.75, 3.05) is 11.9 Å². The van der Waals surface area contributed by atoms with E-state index in [2.05, 4.69) is 28.1 Å². The zero-order chi connectivity index (χ0) is 16.9. The molecular weight excluding hydrogens is 345 g/mol. The van der Waals surface area contributed by atoms with Crippen molar-refractivity contribution in [1.82, 2.24) is 10.6 Å². The minimum Gasteiger partial charge on any atom is -0.380 e. The number of hydrogen-bond donors (Lipinski definition) is 3. The number of allylic oxidation sites excluding steroid dienone is 5. The highest BCUT2D eigenvalue weighted by Gasteiger charge is 2.18. The first-order valence-electron chi connectivity index (χ1n) is 7.93.